The minimum atomic E-state index is -0.451. The van der Waals surface area contributed by atoms with E-state index in [1.165, 1.54) is 11.6 Å². The van der Waals surface area contributed by atoms with Crippen LogP contribution in [0.4, 0.5) is 0 Å². The number of aryl methyl sites for hydroxylation is 1. The third-order valence-corrected chi connectivity index (χ3v) is 4.08. The van der Waals surface area contributed by atoms with Gasteiger partial charge in [-0.2, -0.15) is 16.3 Å². The van der Waals surface area contributed by atoms with Crippen LogP contribution in [0.3, 0.4) is 0 Å². The van der Waals surface area contributed by atoms with Crippen molar-refractivity contribution in [2.45, 2.75) is 20.0 Å². The van der Waals surface area contributed by atoms with E-state index in [0.29, 0.717) is 5.82 Å². The van der Waals surface area contributed by atoms with E-state index in [1.54, 1.807) is 17.4 Å². The lowest BCUT2D eigenvalue weighted by molar-refractivity contribution is -0.139. The van der Waals surface area contributed by atoms with Gasteiger partial charge in [-0.25, -0.2) is 4.79 Å². The van der Waals surface area contributed by atoms with Gasteiger partial charge in [-0.1, -0.05) is 36.3 Å². The highest BCUT2D eigenvalue weighted by atomic mass is 32.1. The summed E-state index contributed by atoms with van der Waals surface area (Å²) in [6.45, 7) is 2.05. The number of aromatic nitrogens is 2. The van der Waals surface area contributed by atoms with E-state index in [2.05, 4.69) is 17.1 Å². The number of ether oxygens (including phenoxy) is 1. The van der Waals surface area contributed by atoms with Crippen LogP contribution < -0.4 is 0 Å². The maximum absolute atomic E-state index is 11.7. The van der Waals surface area contributed by atoms with Crippen LogP contribution in [0, 0.1) is 0 Å². The Bertz CT molecular complexity index is 820. The average molecular weight is 340 g/mol. The number of hydrogen-bond acceptors (Lipinski definition) is 6. The second kappa shape index (κ2) is 7.70. The van der Waals surface area contributed by atoms with E-state index < -0.39 is 5.97 Å². The summed E-state index contributed by atoms with van der Waals surface area (Å²) in [7, 11) is 0. The first-order valence-corrected chi connectivity index (χ1v) is 8.48. The van der Waals surface area contributed by atoms with E-state index in [-0.39, 0.29) is 12.5 Å². The Balaban J connectivity index is 1.56. The summed E-state index contributed by atoms with van der Waals surface area (Å²) >= 11 is 1.57. The topological polar surface area (TPSA) is 65.2 Å². The SMILES string of the molecule is CCc1ccc(-c2noc(COC(=O)/C=C/c3ccsc3)n2)cc1. The first-order valence-electron chi connectivity index (χ1n) is 7.53. The minimum Gasteiger partial charge on any atom is -0.452 e. The molecule has 0 aliphatic heterocycles. The number of nitrogens with zero attached hydrogens (tertiary/aromatic N) is 2. The smallest absolute Gasteiger partial charge is 0.331 e. The van der Waals surface area contributed by atoms with Crippen molar-refractivity contribution in [1.82, 2.24) is 10.1 Å². The molecule has 0 fully saturated rings. The number of carbonyl (C=O) groups is 1. The number of rotatable bonds is 6. The molecule has 0 amide bonds. The summed E-state index contributed by atoms with van der Waals surface area (Å²) in [5.74, 6) is 0.299. The molecule has 0 aliphatic rings. The van der Waals surface area contributed by atoms with Crippen LogP contribution >= 0.6 is 11.3 Å². The van der Waals surface area contributed by atoms with Gasteiger partial charge in [0.25, 0.3) is 5.89 Å². The molecule has 0 aliphatic carbocycles. The highest BCUT2D eigenvalue weighted by Crippen LogP contribution is 2.17. The molecule has 3 rings (SSSR count). The zero-order valence-electron chi connectivity index (χ0n) is 13.1. The molecule has 2 aromatic heterocycles. The standard InChI is InChI=1S/C18H16N2O3S/c1-2-13-3-6-15(7-4-13)18-19-16(23-20-18)11-22-17(21)8-5-14-9-10-24-12-14/h3-10,12H,2,11H2,1H3/b8-5+. The zero-order valence-corrected chi connectivity index (χ0v) is 14.0. The van der Waals surface area contributed by atoms with Crippen molar-refractivity contribution in [3.8, 4) is 11.4 Å². The Morgan fingerprint density at radius 1 is 1.29 bits per heavy atom. The third-order valence-electron chi connectivity index (χ3n) is 3.38. The van der Waals surface area contributed by atoms with Crippen LogP contribution in [0.5, 0.6) is 0 Å². The summed E-state index contributed by atoms with van der Waals surface area (Å²) in [6, 6.07) is 9.87. The molecule has 0 N–H and O–H groups in total. The minimum absolute atomic E-state index is 0.0488. The summed E-state index contributed by atoms with van der Waals surface area (Å²) in [5.41, 5.74) is 3.08. The summed E-state index contributed by atoms with van der Waals surface area (Å²) in [6.07, 6.45) is 4.06. The Morgan fingerprint density at radius 2 is 2.12 bits per heavy atom. The molecular weight excluding hydrogens is 324 g/mol. The van der Waals surface area contributed by atoms with Crippen LogP contribution in [0.1, 0.15) is 23.9 Å². The Kier molecular flexibility index (Phi) is 5.18. The fraction of sp³-hybridized carbons (Fsp3) is 0.167. The van der Waals surface area contributed by atoms with Gasteiger partial charge in [0.05, 0.1) is 0 Å². The van der Waals surface area contributed by atoms with Gasteiger partial charge in [0.15, 0.2) is 6.61 Å². The lowest BCUT2D eigenvalue weighted by Crippen LogP contribution is -2.00. The Hall–Kier alpha value is -2.73. The van der Waals surface area contributed by atoms with Crippen molar-refractivity contribution in [1.29, 1.82) is 0 Å². The molecule has 0 bridgehead atoms. The van der Waals surface area contributed by atoms with Crippen molar-refractivity contribution in [2.75, 3.05) is 0 Å². The molecule has 3 aromatic rings. The Morgan fingerprint density at radius 3 is 2.83 bits per heavy atom. The van der Waals surface area contributed by atoms with Gasteiger partial charge >= 0.3 is 5.97 Å². The van der Waals surface area contributed by atoms with E-state index in [1.807, 2.05) is 41.1 Å². The van der Waals surface area contributed by atoms with Crippen molar-refractivity contribution in [3.05, 3.63) is 64.2 Å². The maximum atomic E-state index is 11.7. The molecule has 0 saturated heterocycles. The molecule has 0 saturated carbocycles. The highest BCUT2D eigenvalue weighted by Gasteiger charge is 2.10. The quantitative estimate of drug-likeness (QED) is 0.499. The molecule has 5 nitrogen and oxygen atoms in total. The lowest BCUT2D eigenvalue weighted by Gasteiger charge is -1.97. The molecule has 1 aromatic carbocycles. The normalized spacial score (nSPS) is 11.0. The Labute approximate surface area is 143 Å². The van der Waals surface area contributed by atoms with Gasteiger partial charge in [0.2, 0.25) is 5.82 Å². The number of hydrogen-bond donors (Lipinski definition) is 0. The van der Waals surface area contributed by atoms with Crippen molar-refractivity contribution < 1.29 is 14.1 Å². The monoisotopic (exact) mass is 340 g/mol. The summed E-state index contributed by atoms with van der Waals surface area (Å²) in [5, 5.41) is 7.80. The predicted octanol–water partition coefficient (Wildman–Crippen LogP) is 4.12. The van der Waals surface area contributed by atoms with Gasteiger partial charge in [-0.3, -0.25) is 0 Å². The second-order valence-corrected chi connectivity index (χ2v) is 5.84. The number of carbonyl (C=O) groups excluding carboxylic acids is 1. The van der Waals surface area contributed by atoms with Crippen LogP contribution in [-0.4, -0.2) is 16.1 Å². The van der Waals surface area contributed by atoms with E-state index in [9.17, 15) is 4.79 Å². The number of thiophene rings is 1. The fourth-order valence-corrected chi connectivity index (χ4v) is 2.66. The molecular formula is C18H16N2O3S. The van der Waals surface area contributed by atoms with Crippen molar-refractivity contribution in [2.24, 2.45) is 0 Å². The highest BCUT2D eigenvalue weighted by molar-refractivity contribution is 7.08. The van der Waals surface area contributed by atoms with Crippen molar-refractivity contribution in [3.63, 3.8) is 0 Å². The zero-order chi connectivity index (χ0) is 16.8. The summed E-state index contributed by atoms with van der Waals surface area (Å²) < 4.78 is 10.2. The molecule has 6 heteroatoms. The van der Waals surface area contributed by atoms with Crippen LogP contribution in [0.25, 0.3) is 17.5 Å². The first kappa shape index (κ1) is 16.1. The van der Waals surface area contributed by atoms with Gasteiger partial charge in [-0.15, -0.1) is 0 Å². The largest absolute Gasteiger partial charge is 0.452 e. The van der Waals surface area contributed by atoms with Gasteiger partial charge < -0.3 is 9.26 Å². The van der Waals surface area contributed by atoms with Crippen LogP contribution in [-0.2, 0) is 22.6 Å². The molecule has 122 valence electrons. The number of esters is 1. The lowest BCUT2D eigenvalue weighted by atomic mass is 10.1. The van der Waals surface area contributed by atoms with Crippen molar-refractivity contribution >= 4 is 23.4 Å². The maximum Gasteiger partial charge on any atom is 0.331 e. The van der Waals surface area contributed by atoms with E-state index in [0.717, 1.165) is 17.5 Å². The van der Waals surface area contributed by atoms with E-state index >= 15 is 0 Å². The van der Waals surface area contributed by atoms with Gasteiger partial charge in [0, 0.05) is 11.6 Å². The predicted molar refractivity (Wildman–Crippen MR) is 92.3 cm³/mol. The first-order chi connectivity index (χ1) is 11.7. The van der Waals surface area contributed by atoms with E-state index in [4.69, 9.17) is 9.26 Å². The molecule has 2 heterocycles. The summed E-state index contributed by atoms with van der Waals surface area (Å²) in [4.78, 5) is 15.9. The molecule has 0 radical (unpaired) electrons. The third kappa shape index (κ3) is 4.17. The average Bonchev–Trinajstić information content (AvgIpc) is 3.30. The van der Waals surface area contributed by atoms with Gasteiger partial charge in [-0.05, 0) is 40.5 Å². The number of benzene rings is 1. The van der Waals surface area contributed by atoms with Gasteiger partial charge in [0.1, 0.15) is 0 Å². The molecule has 0 unspecified atom stereocenters. The van der Waals surface area contributed by atoms with Crippen LogP contribution in [0.15, 0.2) is 51.7 Å². The molecule has 24 heavy (non-hydrogen) atoms. The second-order valence-electron chi connectivity index (χ2n) is 5.06. The fourth-order valence-electron chi connectivity index (χ4n) is 2.04. The molecule has 0 atom stereocenters. The molecule has 0 spiro atoms. The van der Waals surface area contributed by atoms with Crippen LogP contribution in [0.2, 0.25) is 0 Å².